The van der Waals surface area contributed by atoms with Crippen LogP contribution in [0.25, 0.3) is 0 Å². The molecule has 0 aromatic carbocycles. The van der Waals surface area contributed by atoms with Crippen molar-refractivity contribution in [3.63, 3.8) is 0 Å². The van der Waals surface area contributed by atoms with Crippen LogP contribution in [0.3, 0.4) is 0 Å². The molecule has 72 valence electrons. The zero-order valence-electron chi connectivity index (χ0n) is 8.39. The van der Waals surface area contributed by atoms with Gasteiger partial charge in [0.05, 0.1) is 0 Å². The van der Waals surface area contributed by atoms with Gasteiger partial charge < -0.3 is 5.73 Å². The van der Waals surface area contributed by atoms with Crippen LogP contribution >= 0.6 is 0 Å². The molecule has 1 rings (SSSR count). The molecule has 2 N–H and O–H groups in total. The van der Waals surface area contributed by atoms with Crippen LogP contribution in [0.15, 0.2) is 0 Å². The summed E-state index contributed by atoms with van der Waals surface area (Å²) in [6.07, 6.45) is 11.4. The van der Waals surface area contributed by atoms with Gasteiger partial charge in [0.1, 0.15) is 0 Å². The smallest absolute Gasteiger partial charge is 0.00104 e. The highest BCUT2D eigenvalue weighted by atomic mass is 14.6. The predicted molar refractivity (Wildman–Crippen MR) is 54.1 cm³/mol. The molecule has 1 atom stereocenters. The highest BCUT2D eigenvalue weighted by molar-refractivity contribution is 4.66. The van der Waals surface area contributed by atoms with Gasteiger partial charge in [-0.2, -0.15) is 0 Å². The molecule has 12 heavy (non-hydrogen) atoms. The third kappa shape index (κ3) is 4.10. The van der Waals surface area contributed by atoms with Crippen molar-refractivity contribution in [3.8, 4) is 0 Å². The zero-order chi connectivity index (χ0) is 8.81. The van der Waals surface area contributed by atoms with Crippen molar-refractivity contribution in [3.05, 3.63) is 0 Å². The highest BCUT2D eigenvalue weighted by Gasteiger charge is 2.12. The van der Waals surface area contributed by atoms with Crippen molar-refractivity contribution in [2.24, 2.45) is 11.7 Å². The average molecular weight is 169 g/mol. The van der Waals surface area contributed by atoms with Gasteiger partial charge in [-0.25, -0.2) is 0 Å². The first-order valence-corrected chi connectivity index (χ1v) is 5.54. The first-order chi connectivity index (χ1) is 5.79. The van der Waals surface area contributed by atoms with E-state index in [1.54, 1.807) is 0 Å². The lowest BCUT2D eigenvalue weighted by molar-refractivity contribution is 0.327. The minimum atomic E-state index is 0.411. The molecule has 0 radical (unpaired) electrons. The summed E-state index contributed by atoms with van der Waals surface area (Å²) >= 11 is 0. The number of hydrogen-bond donors (Lipinski definition) is 1. The molecule has 1 aliphatic rings. The fourth-order valence-corrected chi connectivity index (χ4v) is 2.20. The van der Waals surface area contributed by atoms with Crippen molar-refractivity contribution in [2.45, 2.75) is 64.3 Å². The first-order valence-electron chi connectivity index (χ1n) is 5.54. The fourth-order valence-electron chi connectivity index (χ4n) is 2.20. The van der Waals surface area contributed by atoms with Crippen molar-refractivity contribution >= 4 is 0 Å². The van der Waals surface area contributed by atoms with Crippen molar-refractivity contribution in [1.29, 1.82) is 0 Å². The summed E-state index contributed by atoms with van der Waals surface area (Å²) in [4.78, 5) is 0. The van der Waals surface area contributed by atoms with E-state index in [1.807, 2.05) is 0 Å². The molecule has 0 saturated heterocycles. The molecule has 1 saturated carbocycles. The van der Waals surface area contributed by atoms with E-state index in [1.165, 1.54) is 51.4 Å². The molecule has 1 nitrogen and oxygen atoms in total. The molecule has 1 heteroatoms. The summed E-state index contributed by atoms with van der Waals surface area (Å²) in [6.45, 7) is 2.11. The quantitative estimate of drug-likeness (QED) is 0.687. The van der Waals surface area contributed by atoms with Crippen LogP contribution in [0.1, 0.15) is 58.3 Å². The molecule has 0 aromatic rings. The molecule has 1 fully saturated rings. The van der Waals surface area contributed by atoms with Crippen LogP contribution in [-0.4, -0.2) is 6.04 Å². The van der Waals surface area contributed by atoms with Crippen molar-refractivity contribution in [1.82, 2.24) is 0 Å². The lowest BCUT2D eigenvalue weighted by atomic mass is 9.85. The van der Waals surface area contributed by atoms with Gasteiger partial charge in [0, 0.05) is 6.04 Å². The van der Waals surface area contributed by atoms with Gasteiger partial charge >= 0.3 is 0 Å². The van der Waals surface area contributed by atoms with Gasteiger partial charge in [0.15, 0.2) is 0 Å². The van der Waals surface area contributed by atoms with Crippen LogP contribution in [0, 0.1) is 5.92 Å². The molecule has 0 bridgehead atoms. The van der Waals surface area contributed by atoms with E-state index in [0.29, 0.717) is 6.04 Å². The molecule has 0 spiro atoms. The van der Waals surface area contributed by atoms with Gasteiger partial charge in [-0.1, -0.05) is 44.9 Å². The average Bonchev–Trinajstić information content (AvgIpc) is 2.05. The molecule has 1 aliphatic carbocycles. The Morgan fingerprint density at radius 1 is 1.25 bits per heavy atom. The zero-order valence-corrected chi connectivity index (χ0v) is 8.39. The van der Waals surface area contributed by atoms with E-state index in [4.69, 9.17) is 5.73 Å². The lowest BCUT2D eigenvalue weighted by Gasteiger charge is -2.21. The van der Waals surface area contributed by atoms with Crippen LogP contribution in [0.5, 0.6) is 0 Å². The molecule has 0 amide bonds. The second-order valence-electron chi connectivity index (χ2n) is 4.41. The molecule has 0 unspecified atom stereocenters. The molecule has 0 aliphatic heterocycles. The predicted octanol–water partition coefficient (Wildman–Crippen LogP) is 3.08. The minimum absolute atomic E-state index is 0.411. The summed E-state index contributed by atoms with van der Waals surface area (Å²) < 4.78 is 0. The number of hydrogen-bond acceptors (Lipinski definition) is 1. The Bertz CT molecular complexity index is 104. The van der Waals surface area contributed by atoms with Gasteiger partial charge in [-0.3, -0.25) is 0 Å². The SMILES string of the molecule is C[C@H](N)CCCC1CCCCC1. The van der Waals surface area contributed by atoms with Crippen molar-refractivity contribution < 1.29 is 0 Å². The van der Waals surface area contributed by atoms with E-state index in [9.17, 15) is 0 Å². The van der Waals surface area contributed by atoms with Gasteiger partial charge in [0.2, 0.25) is 0 Å². The first kappa shape index (κ1) is 10.0. The van der Waals surface area contributed by atoms with Gasteiger partial charge in [-0.05, 0) is 19.3 Å². The Morgan fingerprint density at radius 2 is 1.92 bits per heavy atom. The Labute approximate surface area is 76.7 Å². The van der Waals surface area contributed by atoms with Gasteiger partial charge in [-0.15, -0.1) is 0 Å². The topological polar surface area (TPSA) is 26.0 Å². The Morgan fingerprint density at radius 3 is 2.50 bits per heavy atom. The lowest BCUT2D eigenvalue weighted by Crippen LogP contribution is -2.15. The Kier molecular flexibility index (Phi) is 4.67. The molecular weight excluding hydrogens is 146 g/mol. The Balaban J connectivity index is 1.98. The summed E-state index contributed by atoms with van der Waals surface area (Å²) in [7, 11) is 0. The molecule has 0 aromatic heterocycles. The standard InChI is InChI=1S/C11H23N/c1-10(12)6-5-9-11-7-3-2-4-8-11/h10-11H,2-9,12H2,1H3/t10-/m0/s1. The van der Waals surface area contributed by atoms with Crippen LogP contribution < -0.4 is 5.73 Å². The third-order valence-corrected chi connectivity index (χ3v) is 3.00. The molecular formula is C11H23N. The second kappa shape index (κ2) is 5.58. The molecule has 0 heterocycles. The van der Waals surface area contributed by atoms with E-state index >= 15 is 0 Å². The monoisotopic (exact) mass is 169 g/mol. The van der Waals surface area contributed by atoms with E-state index in [0.717, 1.165) is 5.92 Å². The summed E-state index contributed by atoms with van der Waals surface area (Å²) in [5.74, 6) is 1.04. The number of nitrogens with two attached hydrogens (primary N) is 1. The summed E-state index contributed by atoms with van der Waals surface area (Å²) in [6, 6.07) is 0.411. The Hall–Kier alpha value is -0.0400. The maximum absolute atomic E-state index is 5.71. The normalized spacial score (nSPS) is 22.5. The largest absolute Gasteiger partial charge is 0.328 e. The van der Waals surface area contributed by atoms with Crippen molar-refractivity contribution in [2.75, 3.05) is 0 Å². The van der Waals surface area contributed by atoms with E-state index < -0.39 is 0 Å². The van der Waals surface area contributed by atoms with Crippen LogP contribution in [-0.2, 0) is 0 Å². The maximum atomic E-state index is 5.71. The van der Waals surface area contributed by atoms with Gasteiger partial charge in [0.25, 0.3) is 0 Å². The van der Waals surface area contributed by atoms with E-state index in [2.05, 4.69) is 6.92 Å². The third-order valence-electron chi connectivity index (χ3n) is 3.00. The fraction of sp³-hybridized carbons (Fsp3) is 1.00. The van der Waals surface area contributed by atoms with Crippen LogP contribution in [0.2, 0.25) is 0 Å². The summed E-state index contributed by atoms with van der Waals surface area (Å²) in [5.41, 5.74) is 5.71. The number of rotatable bonds is 4. The van der Waals surface area contributed by atoms with Crippen LogP contribution in [0.4, 0.5) is 0 Å². The maximum Gasteiger partial charge on any atom is 0.00104 e. The minimum Gasteiger partial charge on any atom is -0.328 e. The second-order valence-corrected chi connectivity index (χ2v) is 4.41. The summed E-state index contributed by atoms with van der Waals surface area (Å²) in [5, 5.41) is 0. The van der Waals surface area contributed by atoms with E-state index in [-0.39, 0.29) is 0 Å². The highest BCUT2D eigenvalue weighted by Crippen LogP contribution is 2.27.